The number of H-pyrrole nitrogens is 1. The molecule has 4 aromatic rings. The zero-order valence-corrected chi connectivity index (χ0v) is 16.5. The first-order valence-corrected chi connectivity index (χ1v) is 9.62. The van der Waals surface area contributed by atoms with Crippen LogP contribution >= 0.6 is 0 Å². The summed E-state index contributed by atoms with van der Waals surface area (Å²) in [5.41, 5.74) is 9.61. The Balaban J connectivity index is 1.69. The lowest BCUT2D eigenvalue weighted by molar-refractivity contribution is -0.130. The van der Waals surface area contributed by atoms with Crippen LogP contribution in [0.4, 0.5) is 11.4 Å². The van der Waals surface area contributed by atoms with Crippen LogP contribution in [0.3, 0.4) is 0 Å². The second-order valence-electron chi connectivity index (χ2n) is 7.03. The molecule has 31 heavy (non-hydrogen) atoms. The van der Waals surface area contributed by atoms with Gasteiger partial charge in [0.05, 0.1) is 17.7 Å². The quantitative estimate of drug-likeness (QED) is 0.282. The fraction of sp³-hybridized carbons (Fsp3) is 0.0417. The highest BCUT2D eigenvalue weighted by molar-refractivity contribution is 6.22. The third-order valence-electron chi connectivity index (χ3n) is 4.81. The number of nitrogens with two attached hydrogens (primary N) is 1. The van der Waals surface area contributed by atoms with Gasteiger partial charge in [0, 0.05) is 29.0 Å². The van der Waals surface area contributed by atoms with Crippen LogP contribution < -0.4 is 11.1 Å². The molecule has 7 heteroatoms. The molecule has 0 saturated heterocycles. The SMILES string of the molecule is Nc1cccc(CC(=O)Nc2ccnc3[nH]cc(/C=C(/C(=O)O)c4ccccc4)c23)c1. The van der Waals surface area contributed by atoms with Gasteiger partial charge < -0.3 is 21.1 Å². The topological polar surface area (TPSA) is 121 Å². The van der Waals surface area contributed by atoms with Gasteiger partial charge in [0.25, 0.3) is 0 Å². The number of anilines is 2. The summed E-state index contributed by atoms with van der Waals surface area (Å²) in [6.07, 6.45) is 5.00. The first-order chi connectivity index (χ1) is 15.0. The molecule has 154 valence electrons. The Morgan fingerprint density at radius 3 is 2.65 bits per heavy atom. The molecule has 0 saturated carbocycles. The number of carbonyl (C=O) groups excluding carboxylic acids is 1. The molecule has 0 spiro atoms. The molecule has 5 N–H and O–H groups in total. The number of aliphatic carboxylic acids is 1. The highest BCUT2D eigenvalue weighted by atomic mass is 16.4. The maximum absolute atomic E-state index is 12.6. The molecule has 2 aromatic carbocycles. The van der Waals surface area contributed by atoms with Crippen molar-refractivity contribution in [1.29, 1.82) is 0 Å². The summed E-state index contributed by atoms with van der Waals surface area (Å²) in [5, 5.41) is 13.3. The molecular weight excluding hydrogens is 392 g/mol. The number of hydrogen-bond acceptors (Lipinski definition) is 4. The minimum Gasteiger partial charge on any atom is -0.478 e. The van der Waals surface area contributed by atoms with Crippen LogP contribution in [0.2, 0.25) is 0 Å². The van der Waals surface area contributed by atoms with Gasteiger partial charge in [-0.05, 0) is 35.4 Å². The van der Waals surface area contributed by atoms with Gasteiger partial charge in [-0.1, -0.05) is 42.5 Å². The summed E-state index contributed by atoms with van der Waals surface area (Å²) < 4.78 is 0. The third kappa shape index (κ3) is 4.45. The normalized spacial score (nSPS) is 11.4. The molecule has 2 aromatic heterocycles. The molecule has 0 unspecified atom stereocenters. The van der Waals surface area contributed by atoms with Crippen LogP contribution in [0.25, 0.3) is 22.7 Å². The van der Waals surface area contributed by atoms with E-state index in [4.69, 9.17) is 5.73 Å². The largest absolute Gasteiger partial charge is 0.478 e. The number of hydrogen-bond donors (Lipinski definition) is 4. The van der Waals surface area contributed by atoms with Crippen molar-refractivity contribution < 1.29 is 14.7 Å². The number of aromatic nitrogens is 2. The monoisotopic (exact) mass is 412 g/mol. The van der Waals surface area contributed by atoms with Crippen LogP contribution in [0.15, 0.2) is 73.1 Å². The van der Waals surface area contributed by atoms with Crippen molar-refractivity contribution in [2.45, 2.75) is 6.42 Å². The summed E-state index contributed by atoms with van der Waals surface area (Å²) >= 11 is 0. The zero-order chi connectivity index (χ0) is 21.8. The van der Waals surface area contributed by atoms with Gasteiger partial charge in [-0.2, -0.15) is 0 Å². The lowest BCUT2D eigenvalue weighted by atomic mass is 10.0. The van der Waals surface area contributed by atoms with Gasteiger partial charge in [0.1, 0.15) is 5.65 Å². The number of amides is 1. The van der Waals surface area contributed by atoms with E-state index < -0.39 is 5.97 Å². The van der Waals surface area contributed by atoms with Crippen LogP contribution in [-0.2, 0) is 16.0 Å². The van der Waals surface area contributed by atoms with E-state index in [1.165, 1.54) is 0 Å². The Morgan fingerprint density at radius 2 is 1.90 bits per heavy atom. The average molecular weight is 412 g/mol. The van der Waals surface area contributed by atoms with Crippen molar-refractivity contribution >= 4 is 45.9 Å². The second kappa shape index (κ2) is 8.54. The first-order valence-electron chi connectivity index (χ1n) is 9.62. The van der Waals surface area contributed by atoms with Crippen LogP contribution in [-0.4, -0.2) is 27.0 Å². The zero-order valence-electron chi connectivity index (χ0n) is 16.5. The highest BCUT2D eigenvalue weighted by Gasteiger charge is 2.15. The molecule has 2 heterocycles. The summed E-state index contributed by atoms with van der Waals surface area (Å²) in [4.78, 5) is 31.8. The number of carboxylic acids is 1. The number of nitrogens with zero attached hydrogens (tertiary/aromatic N) is 1. The van der Waals surface area contributed by atoms with Crippen LogP contribution in [0.5, 0.6) is 0 Å². The van der Waals surface area contributed by atoms with E-state index in [2.05, 4.69) is 15.3 Å². The number of carbonyl (C=O) groups is 2. The molecule has 0 atom stereocenters. The lowest BCUT2D eigenvalue weighted by Crippen LogP contribution is -2.14. The maximum atomic E-state index is 12.6. The number of benzene rings is 2. The molecule has 1 amide bonds. The van der Waals surface area contributed by atoms with E-state index in [-0.39, 0.29) is 17.9 Å². The minimum atomic E-state index is -1.04. The van der Waals surface area contributed by atoms with E-state index in [1.54, 1.807) is 67.0 Å². The van der Waals surface area contributed by atoms with Gasteiger partial charge in [-0.15, -0.1) is 0 Å². The Labute approximate surface area is 178 Å². The summed E-state index contributed by atoms with van der Waals surface area (Å²) in [5.74, 6) is -1.26. The number of carboxylic acid groups (broad SMARTS) is 1. The van der Waals surface area contributed by atoms with Crippen LogP contribution in [0.1, 0.15) is 16.7 Å². The molecule has 0 aliphatic rings. The summed E-state index contributed by atoms with van der Waals surface area (Å²) in [6.45, 7) is 0. The standard InChI is InChI=1S/C24H20N4O3/c25-18-8-4-5-15(11-18)12-21(29)28-20-9-10-26-23-22(20)17(14-27-23)13-19(24(30)31)16-6-2-1-3-7-16/h1-11,13-14H,12,25H2,(H,30,31)(H2,26,27,28,29)/b19-13+. The fourth-order valence-corrected chi connectivity index (χ4v) is 3.42. The third-order valence-corrected chi connectivity index (χ3v) is 4.81. The van der Waals surface area contributed by atoms with E-state index in [0.29, 0.717) is 33.5 Å². The summed E-state index contributed by atoms with van der Waals surface area (Å²) in [7, 11) is 0. The van der Waals surface area contributed by atoms with Gasteiger partial charge in [0.2, 0.25) is 5.91 Å². The number of pyridine rings is 1. The number of rotatable bonds is 6. The molecule has 0 aliphatic carbocycles. The van der Waals surface area contributed by atoms with Crippen molar-refractivity contribution in [3.05, 3.63) is 89.7 Å². The van der Waals surface area contributed by atoms with Crippen molar-refractivity contribution in [2.75, 3.05) is 11.1 Å². The van der Waals surface area contributed by atoms with Crippen molar-refractivity contribution in [3.8, 4) is 0 Å². The Hall–Kier alpha value is -4.39. The predicted octanol–water partition coefficient (Wildman–Crippen LogP) is 3.95. The number of fused-ring (bicyclic) bond motifs is 1. The summed E-state index contributed by atoms with van der Waals surface area (Å²) in [6, 6.07) is 17.7. The van der Waals surface area contributed by atoms with Gasteiger partial charge in [-0.3, -0.25) is 4.79 Å². The number of aromatic amines is 1. The van der Waals surface area contributed by atoms with Crippen LogP contribution in [0, 0.1) is 0 Å². The maximum Gasteiger partial charge on any atom is 0.336 e. The van der Waals surface area contributed by atoms with E-state index in [0.717, 1.165) is 5.56 Å². The molecular formula is C24H20N4O3. The van der Waals surface area contributed by atoms with Crippen molar-refractivity contribution in [1.82, 2.24) is 9.97 Å². The van der Waals surface area contributed by atoms with E-state index in [1.807, 2.05) is 12.1 Å². The predicted molar refractivity (Wildman–Crippen MR) is 121 cm³/mol. The van der Waals surface area contributed by atoms with Gasteiger partial charge in [0.15, 0.2) is 0 Å². The van der Waals surface area contributed by atoms with E-state index in [9.17, 15) is 14.7 Å². The second-order valence-corrected chi connectivity index (χ2v) is 7.03. The average Bonchev–Trinajstić information content (AvgIpc) is 3.16. The molecule has 0 radical (unpaired) electrons. The smallest absolute Gasteiger partial charge is 0.336 e. The Morgan fingerprint density at radius 1 is 1.10 bits per heavy atom. The molecule has 0 bridgehead atoms. The number of nitrogens with one attached hydrogen (secondary N) is 2. The Kier molecular flexibility index (Phi) is 5.49. The molecule has 4 rings (SSSR count). The fourth-order valence-electron chi connectivity index (χ4n) is 3.42. The highest BCUT2D eigenvalue weighted by Crippen LogP contribution is 2.29. The molecule has 0 aliphatic heterocycles. The van der Waals surface area contributed by atoms with Gasteiger partial charge >= 0.3 is 5.97 Å². The molecule has 0 fully saturated rings. The van der Waals surface area contributed by atoms with Crippen molar-refractivity contribution in [3.63, 3.8) is 0 Å². The van der Waals surface area contributed by atoms with Crippen molar-refractivity contribution in [2.24, 2.45) is 0 Å². The Bertz CT molecular complexity index is 1290. The molecule has 7 nitrogen and oxygen atoms in total. The lowest BCUT2D eigenvalue weighted by Gasteiger charge is -2.08. The first kappa shape index (κ1) is 19.9. The van der Waals surface area contributed by atoms with Gasteiger partial charge in [-0.25, -0.2) is 9.78 Å². The minimum absolute atomic E-state index is 0.141. The number of nitrogen functional groups attached to an aromatic ring is 1. The van der Waals surface area contributed by atoms with E-state index >= 15 is 0 Å².